The first kappa shape index (κ1) is 10.7. The summed E-state index contributed by atoms with van der Waals surface area (Å²) in [6.07, 6.45) is 4.07. The fourth-order valence-corrected chi connectivity index (χ4v) is 1.05. The number of hydrogen-bond donors (Lipinski definition) is 0. The Balaban J connectivity index is 2.25. The summed E-state index contributed by atoms with van der Waals surface area (Å²) >= 11 is 0. The number of benzene rings is 1. The van der Waals surface area contributed by atoms with E-state index in [0.29, 0.717) is 13.2 Å². The van der Waals surface area contributed by atoms with E-state index in [4.69, 9.17) is 4.74 Å². The minimum Gasteiger partial charge on any atom is -0.373 e. The highest BCUT2D eigenvalue weighted by Gasteiger charge is 1.85. The van der Waals surface area contributed by atoms with Crippen LogP contribution in [0.4, 0.5) is 0 Å². The topological polar surface area (TPSA) is 9.23 Å². The van der Waals surface area contributed by atoms with Crippen LogP contribution in [0.15, 0.2) is 48.6 Å². The van der Waals surface area contributed by atoms with Gasteiger partial charge in [0.25, 0.3) is 0 Å². The van der Waals surface area contributed by atoms with Crippen LogP contribution in [0.25, 0.3) is 6.08 Å². The first-order chi connectivity index (χ1) is 6.79. The van der Waals surface area contributed by atoms with Crippen LogP contribution in [0.2, 0.25) is 0 Å². The molecule has 0 heterocycles. The van der Waals surface area contributed by atoms with Crippen molar-refractivity contribution in [3.05, 3.63) is 54.1 Å². The second-order valence-electron chi connectivity index (χ2n) is 3.29. The molecule has 1 aromatic carbocycles. The lowest BCUT2D eigenvalue weighted by Gasteiger charge is -1.98. The van der Waals surface area contributed by atoms with Gasteiger partial charge in [-0.15, -0.1) is 0 Å². The Morgan fingerprint density at radius 1 is 1.36 bits per heavy atom. The smallest absolute Gasteiger partial charge is 0.0675 e. The van der Waals surface area contributed by atoms with Crippen molar-refractivity contribution in [2.24, 2.45) is 0 Å². The minimum absolute atomic E-state index is 0.638. The number of hydrogen-bond acceptors (Lipinski definition) is 1. The van der Waals surface area contributed by atoms with E-state index in [1.54, 1.807) is 0 Å². The fraction of sp³-hybridized carbons (Fsp3) is 0.231. The van der Waals surface area contributed by atoms with Crippen molar-refractivity contribution in [2.75, 3.05) is 13.2 Å². The Labute approximate surface area is 85.7 Å². The normalized spacial score (nSPS) is 10.6. The first-order valence-corrected chi connectivity index (χ1v) is 4.73. The van der Waals surface area contributed by atoms with E-state index in [2.05, 4.69) is 24.8 Å². The van der Waals surface area contributed by atoms with Gasteiger partial charge in [-0.05, 0) is 12.5 Å². The van der Waals surface area contributed by atoms with E-state index in [9.17, 15) is 0 Å². The van der Waals surface area contributed by atoms with Gasteiger partial charge >= 0.3 is 0 Å². The fourth-order valence-electron chi connectivity index (χ4n) is 1.05. The molecule has 14 heavy (non-hydrogen) atoms. The van der Waals surface area contributed by atoms with Crippen molar-refractivity contribution in [3.63, 3.8) is 0 Å². The molecule has 0 aromatic heterocycles. The van der Waals surface area contributed by atoms with E-state index in [1.165, 1.54) is 5.56 Å². The maximum Gasteiger partial charge on any atom is 0.0675 e. The van der Waals surface area contributed by atoms with Gasteiger partial charge in [-0.1, -0.05) is 54.6 Å². The molecule has 0 aliphatic carbocycles. The zero-order valence-electron chi connectivity index (χ0n) is 8.57. The summed E-state index contributed by atoms with van der Waals surface area (Å²) in [5, 5.41) is 0. The van der Waals surface area contributed by atoms with Gasteiger partial charge in [0.2, 0.25) is 0 Å². The molecule has 0 fully saturated rings. The Kier molecular flexibility index (Phi) is 4.73. The van der Waals surface area contributed by atoms with Crippen LogP contribution in [-0.2, 0) is 4.74 Å². The molecule has 74 valence electrons. The van der Waals surface area contributed by atoms with Crippen LogP contribution in [0, 0.1) is 0 Å². The minimum atomic E-state index is 0.638. The SMILES string of the molecule is C=C(C)COC/C=C/c1ccccc1. The molecule has 0 saturated carbocycles. The molecule has 0 aliphatic heterocycles. The molecular weight excluding hydrogens is 172 g/mol. The third-order valence-corrected chi connectivity index (χ3v) is 1.67. The standard InChI is InChI=1S/C13H16O/c1-12(2)11-14-10-6-9-13-7-4-3-5-8-13/h3-9H,1,10-11H2,2H3/b9-6+. The molecule has 0 amide bonds. The van der Waals surface area contributed by atoms with Gasteiger partial charge in [0.15, 0.2) is 0 Å². The number of ether oxygens (including phenoxy) is 1. The Morgan fingerprint density at radius 3 is 2.71 bits per heavy atom. The molecule has 1 heteroatoms. The van der Waals surface area contributed by atoms with Crippen molar-refractivity contribution in [2.45, 2.75) is 6.92 Å². The lowest BCUT2D eigenvalue weighted by molar-refractivity contribution is 0.187. The van der Waals surface area contributed by atoms with Crippen LogP contribution in [0.3, 0.4) is 0 Å². The van der Waals surface area contributed by atoms with Gasteiger partial charge in [0.05, 0.1) is 13.2 Å². The van der Waals surface area contributed by atoms with Crippen molar-refractivity contribution in [3.8, 4) is 0 Å². The summed E-state index contributed by atoms with van der Waals surface area (Å²) in [5.41, 5.74) is 2.25. The van der Waals surface area contributed by atoms with Gasteiger partial charge in [0.1, 0.15) is 0 Å². The van der Waals surface area contributed by atoms with Gasteiger partial charge in [-0.3, -0.25) is 0 Å². The molecule has 0 spiro atoms. The molecule has 0 atom stereocenters. The summed E-state index contributed by atoms with van der Waals surface area (Å²) in [6.45, 7) is 7.00. The summed E-state index contributed by atoms with van der Waals surface area (Å²) in [5.74, 6) is 0. The lowest BCUT2D eigenvalue weighted by atomic mass is 10.2. The molecule has 1 nitrogen and oxygen atoms in total. The highest BCUT2D eigenvalue weighted by atomic mass is 16.5. The molecule has 0 aliphatic rings. The predicted molar refractivity (Wildman–Crippen MR) is 61.1 cm³/mol. The predicted octanol–water partition coefficient (Wildman–Crippen LogP) is 3.29. The quantitative estimate of drug-likeness (QED) is 0.509. The van der Waals surface area contributed by atoms with Gasteiger partial charge < -0.3 is 4.74 Å². The van der Waals surface area contributed by atoms with E-state index < -0.39 is 0 Å². The third kappa shape index (κ3) is 4.63. The first-order valence-electron chi connectivity index (χ1n) is 4.73. The Bertz CT molecular complexity index is 298. The largest absolute Gasteiger partial charge is 0.373 e. The van der Waals surface area contributed by atoms with Crippen LogP contribution in [0.5, 0.6) is 0 Å². The molecule has 0 radical (unpaired) electrons. The second kappa shape index (κ2) is 6.17. The maximum atomic E-state index is 5.33. The highest BCUT2D eigenvalue weighted by molar-refractivity contribution is 5.48. The molecule has 1 rings (SSSR count). The van der Waals surface area contributed by atoms with E-state index in [1.807, 2.05) is 31.2 Å². The number of rotatable bonds is 5. The van der Waals surface area contributed by atoms with Gasteiger partial charge in [0, 0.05) is 0 Å². The highest BCUT2D eigenvalue weighted by Crippen LogP contribution is 2.00. The Morgan fingerprint density at radius 2 is 2.07 bits per heavy atom. The van der Waals surface area contributed by atoms with Crippen LogP contribution in [0.1, 0.15) is 12.5 Å². The van der Waals surface area contributed by atoms with Gasteiger partial charge in [-0.2, -0.15) is 0 Å². The summed E-state index contributed by atoms with van der Waals surface area (Å²) in [6, 6.07) is 10.2. The second-order valence-corrected chi connectivity index (χ2v) is 3.29. The van der Waals surface area contributed by atoms with Crippen molar-refractivity contribution in [1.82, 2.24) is 0 Å². The van der Waals surface area contributed by atoms with Crippen LogP contribution >= 0.6 is 0 Å². The van der Waals surface area contributed by atoms with Crippen LogP contribution < -0.4 is 0 Å². The van der Waals surface area contributed by atoms with Crippen molar-refractivity contribution >= 4 is 6.08 Å². The van der Waals surface area contributed by atoms with E-state index >= 15 is 0 Å². The zero-order valence-corrected chi connectivity index (χ0v) is 8.57. The Hall–Kier alpha value is -1.34. The molecule has 0 unspecified atom stereocenters. The molecule has 0 saturated heterocycles. The third-order valence-electron chi connectivity index (χ3n) is 1.67. The monoisotopic (exact) mass is 188 g/mol. The maximum absolute atomic E-state index is 5.33. The average molecular weight is 188 g/mol. The molecule has 0 N–H and O–H groups in total. The van der Waals surface area contributed by atoms with E-state index in [0.717, 1.165) is 5.57 Å². The molecular formula is C13H16O. The summed E-state index contributed by atoms with van der Waals surface area (Å²) in [7, 11) is 0. The molecule has 0 bridgehead atoms. The van der Waals surface area contributed by atoms with Crippen molar-refractivity contribution < 1.29 is 4.74 Å². The lowest BCUT2D eigenvalue weighted by Crippen LogP contribution is -1.93. The zero-order chi connectivity index (χ0) is 10.2. The van der Waals surface area contributed by atoms with Crippen molar-refractivity contribution in [1.29, 1.82) is 0 Å². The molecule has 1 aromatic rings. The van der Waals surface area contributed by atoms with E-state index in [-0.39, 0.29) is 0 Å². The summed E-state index contributed by atoms with van der Waals surface area (Å²) < 4.78 is 5.33. The van der Waals surface area contributed by atoms with Gasteiger partial charge in [-0.25, -0.2) is 0 Å². The summed E-state index contributed by atoms with van der Waals surface area (Å²) in [4.78, 5) is 0. The average Bonchev–Trinajstić information content (AvgIpc) is 2.18. The van der Waals surface area contributed by atoms with Crippen LogP contribution in [-0.4, -0.2) is 13.2 Å².